The molecule has 158 valence electrons. The summed E-state index contributed by atoms with van der Waals surface area (Å²) in [6.07, 6.45) is 3.31. The first-order chi connectivity index (χ1) is 14.5. The van der Waals surface area contributed by atoms with Gasteiger partial charge >= 0.3 is 0 Å². The molecule has 1 amide bonds. The van der Waals surface area contributed by atoms with Crippen LogP contribution in [-0.2, 0) is 11.3 Å². The van der Waals surface area contributed by atoms with Gasteiger partial charge in [-0.2, -0.15) is 0 Å². The van der Waals surface area contributed by atoms with Gasteiger partial charge in [0.25, 0.3) is 0 Å². The van der Waals surface area contributed by atoms with Gasteiger partial charge in [0.15, 0.2) is 11.5 Å². The number of aryl methyl sites for hydroxylation is 1. The number of aromatic nitrogens is 1. The predicted molar refractivity (Wildman–Crippen MR) is 119 cm³/mol. The highest BCUT2D eigenvalue weighted by Crippen LogP contribution is 2.38. The molecule has 0 spiro atoms. The van der Waals surface area contributed by atoms with E-state index in [2.05, 4.69) is 29.7 Å². The number of nitrogens with zero attached hydrogens (tertiary/aromatic N) is 2. The van der Waals surface area contributed by atoms with Crippen LogP contribution in [-0.4, -0.2) is 50.3 Å². The maximum atomic E-state index is 12.6. The molecule has 0 atom stereocenters. The van der Waals surface area contributed by atoms with Gasteiger partial charge in [0.1, 0.15) is 0 Å². The van der Waals surface area contributed by atoms with Crippen molar-refractivity contribution >= 4 is 22.9 Å². The Bertz CT molecular complexity index is 1040. The summed E-state index contributed by atoms with van der Waals surface area (Å²) in [6.45, 7) is 3.43. The van der Waals surface area contributed by atoms with Crippen LogP contribution in [0.5, 0.6) is 17.2 Å². The number of ether oxygens (including phenoxy) is 3. The molecule has 0 bridgehead atoms. The largest absolute Gasteiger partial charge is 0.493 e. The minimum absolute atomic E-state index is 0.0714. The highest BCUT2D eigenvalue weighted by Gasteiger charge is 2.13. The van der Waals surface area contributed by atoms with Crippen LogP contribution < -0.4 is 14.2 Å². The van der Waals surface area contributed by atoms with E-state index in [1.54, 1.807) is 50.5 Å². The van der Waals surface area contributed by atoms with Crippen molar-refractivity contribution in [2.24, 2.45) is 0 Å². The van der Waals surface area contributed by atoms with Crippen molar-refractivity contribution in [3.63, 3.8) is 0 Å². The Kier molecular flexibility index (Phi) is 6.67. The SMILES string of the molecule is COc1cc(/C=C/C(=O)N(C)CCn2c(C)cc3ccccc32)cc(OC)c1OC. The molecule has 0 aliphatic rings. The zero-order valence-electron chi connectivity index (χ0n) is 18.1. The second-order valence-electron chi connectivity index (χ2n) is 7.05. The highest BCUT2D eigenvalue weighted by atomic mass is 16.5. The summed E-state index contributed by atoms with van der Waals surface area (Å²) >= 11 is 0. The molecule has 1 aromatic heterocycles. The molecule has 0 saturated heterocycles. The van der Waals surface area contributed by atoms with E-state index in [0.29, 0.717) is 23.8 Å². The maximum absolute atomic E-state index is 12.6. The Labute approximate surface area is 177 Å². The van der Waals surface area contributed by atoms with Crippen molar-refractivity contribution in [1.29, 1.82) is 0 Å². The number of para-hydroxylation sites is 1. The van der Waals surface area contributed by atoms with E-state index in [9.17, 15) is 4.79 Å². The molecule has 6 nitrogen and oxygen atoms in total. The van der Waals surface area contributed by atoms with Crippen molar-refractivity contribution in [3.8, 4) is 17.2 Å². The Morgan fingerprint density at radius 3 is 2.33 bits per heavy atom. The lowest BCUT2D eigenvalue weighted by atomic mass is 10.1. The number of likely N-dealkylation sites (N-methyl/N-ethyl adjacent to an activating group) is 1. The van der Waals surface area contributed by atoms with Crippen LogP contribution in [0.15, 0.2) is 48.5 Å². The molecule has 0 N–H and O–H groups in total. The molecule has 1 heterocycles. The number of carbonyl (C=O) groups excluding carboxylic acids is 1. The first-order valence-corrected chi connectivity index (χ1v) is 9.76. The van der Waals surface area contributed by atoms with Gasteiger partial charge in [-0.05, 0) is 48.2 Å². The highest BCUT2D eigenvalue weighted by molar-refractivity contribution is 5.91. The van der Waals surface area contributed by atoms with Crippen molar-refractivity contribution < 1.29 is 19.0 Å². The quantitative estimate of drug-likeness (QED) is 0.526. The van der Waals surface area contributed by atoms with Crippen molar-refractivity contribution in [2.75, 3.05) is 34.9 Å². The van der Waals surface area contributed by atoms with Gasteiger partial charge in [0.2, 0.25) is 11.7 Å². The van der Waals surface area contributed by atoms with E-state index in [0.717, 1.165) is 12.1 Å². The minimum Gasteiger partial charge on any atom is -0.493 e. The van der Waals surface area contributed by atoms with Gasteiger partial charge in [-0.3, -0.25) is 4.79 Å². The van der Waals surface area contributed by atoms with E-state index in [1.165, 1.54) is 16.6 Å². The second-order valence-corrected chi connectivity index (χ2v) is 7.05. The van der Waals surface area contributed by atoms with Crippen LogP contribution in [0.3, 0.4) is 0 Å². The smallest absolute Gasteiger partial charge is 0.246 e. The van der Waals surface area contributed by atoms with Crippen molar-refractivity contribution in [2.45, 2.75) is 13.5 Å². The summed E-state index contributed by atoms with van der Waals surface area (Å²) in [5.41, 5.74) is 3.16. The van der Waals surface area contributed by atoms with Crippen LogP contribution in [0.25, 0.3) is 17.0 Å². The fourth-order valence-electron chi connectivity index (χ4n) is 3.50. The number of carbonyl (C=O) groups is 1. The molecule has 0 saturated carbocycles. The maximum Gasteiger partial charge on any atom is 0.246 e. The molecule has 3 rings (SSSR count). The molecule has 30 heavy (non-hydrogen) atoms. The average molecular weight is 408 g/mol. The van der Waals surface area contributed by atoms with E-state index in [-0.39, 0.29) is 5.91 Å². The summed E-state index contributed by atoms with van der Waals surface area (Å²) < 4.78 is 18.3. The minimum atomic E-state index is -0.0714. The molecular weight excluding hydrogens is 380 g/mol. The third-order valence-electron chi connectivity index (χ3n) is 5.16. The lowest BCUT2D eigenvalue weighted by Gasteiger charge is -2.17. The van der Waals surface area contributed by atoms with E-state index >= 15 is 0 Å². The van der Waals surface area contributed by atoms with E-state index in [4.69, 9.17) is 14.2 Å². The monoisotopic (exact) mass is 408 g/mol. The predicted octanol–water partition coefficient (Wildman–Crippen LogP) is 4.15. The number of rotatable bonds is 8. The zero-order chi connectivity index (χ0) is 21.7. The van der Waals surface area contributed by atoms with Gasteiger partial charge in [-0.15, -0.1) is 0 Å². The van der Waals surface area contributed by atoms with Crippen LogP contribution in [0, 0.1) is 6.92 Å². The Hall–Kier alpha value is -3.41. The lowest BCUT2D eigenvalue weighted by Crippen LogP contribution is -2.28. The molecule has 2 aromatic carbocycles. The number of fused-ring (bicyclic) bond motifs is 1. The van der Waals surface area contributed by atoms with Crippen LogP contribution in [0.4, 0.5) is 0 Å². The van der Waals surface area contributed by atoms with Gasteiger partial charge in [0, 0.05) is 37.4 Å². The molecular formula is C24H28N2O4. The molecule has 3 aromatic rings. The average Bonchev–Trinajstić information content (AvgIpc) is 3.09. The van der Waals surface area contributed by atoms with Gasteiger partial charge in [-0.1, -0.05) is 18.2 Å². The fourth-order valence-corrected chi connectivity index (χ4v) is 3.50. The third kappa shape index (κ3) is 4.43. The normalized spacial score (nSPS) is 11.1. The van der Waals surface area contributed by atoms with Gasteiger partial charge in [0.05, 0.1) is 21.3 Å². The number of hydrogen-bond acceptors (Lipinski definition) is 4. The van der Waals surface area contributed by atoms with Crippen LogP contribution >= 0.6 is 0 Å². The Morgan fingerprint density at radius 1 is 1.03 bits per heavy atom. The van der Waals surface area contributed by atoms with E-state index < -0.39 is 0 Å². The zero-order valence-corrected chi connectivity index (χ0v) is 18.1. The molecule has 0 aliphatic carbocycles. The topological polar surface area (TPSA) is 52.9 Å². The van der Waals surface area contributed by atoms with Crippen molar-refractivity contribution in [1.82, 2.24) is 9.47 Å². The standard InChI is InChI=1S/C24H28N2O4/c1-17-14-19-8-6-7-9-20(19)26(17)13-12-25(2)23(27)11-10-18-15-21(28-3)24(30-5)22(16-18)29-4/h6-11,14-16H,12-13H2,1-5H3/b11-10+. The summed E-state index contributed by atoms with van der Waals surface area (Å²) in [5, 5.41) is 1.21. The number of hydrogen-bond donors (Lipinski definition) is 0. The summed E-state index contributed by atoms with van der Waals surface area (Å²) in [4.78, 5) is 14.3. The first-order valence-electron chi connectivity index (χ1n) is 9.76. The van der Waals surface area contributed by atoms with Gasteiger partial charge < -0.3 is 23.7 Å². The molecule has 0 aliphatic heterocycles. The fraction of sp³-hybridized carbons (Fsp3) is 0.292. The molecule has 0 unspecified atom stereocenters. The third-order valence-corrected chi connectivity index (χ3v) is 5.16. The van der Waals surface area contributed by atoms with Crippen LogP contribution in [0.2, 0.25) is 0 Å². The molecule has 6 heteroatoms. The van der Waals surface area contributed by atoms with Gasteiger partial charge in [-0.25, -0.2) is 0 Å². The Balaban J connectivity index is 1.69. The summed E-state index contributed by atoms with van der Waals surface area (Å²) in [5.74, 6) is 1.55. The number of benzene rings is 2. The van der Waals surface area contributed by atoms with Crippen molar-refractivity contribution in [3.05, 3.63) is 59.8 Å². The Morgan fingerprint density at radius 2 is 1.70 bits per heavy atom. The van der Waals surface area contributed by atoms with Crippen LogP contribution in [0.1, 0.15) is 11.3 Å². The number of methoxy groups -OCH3 is 3. The molecule has 0 radical (unpaired) electrons. The second kappa shape index (κ2) is 9.39. The summed E-state index contributed by atoms with van der Waals surface area (Å²) in [6, 6.07) is 14.1. The summed E-state index contributed by atoms with van der Waals surface area (Å²) in [7, 11) is 6.50. The van der Waals surface area contributed by atoms with E-state index in [1.807, 2.05) is 19.2 Å². The lowest BCUT2D eigenvalue weighted by molar-refractivity contribution is -0.124. The first kappa shape index (κ1) is 21.3. The molecule has 0 fully saturated rings. The number of amides is 1.